The van der Waals surface area contributed by atoms with Crippen molar-refractivity contribution in [2.24, 2.45) is 5.14 Å². The number of sulfonamides is 1. The predicted octanol–water partition coefficient (Wildman–Crippen LogP) is 1.50. The normalized spacial score (nSPS) is 20.8. The van der Waals surface area contributed by atoms with E-state index in [1.807, 2.05) is 19.1 Å². The zero-order valence-electron chi connectivity index (χ0n) is 9.14. The summed E-state index contributed by atoms with van der Waals surface area (Å²) in [6, 6.07) is 5.52. The molecule has 1 aliphatic rings. The van der Waals surface area contributed by atoms with Crippen molar-refractivity contribution in [3.8, 4) is 5.75 Å². The van der Waals surface area contributed by atoms with Crippen LogP contribution in [0.1, 0.15) is 29.2 Å². The second kappa shape index (κ2) is 4.07. The third-order valence-corrected chi connectivity index (χ3v) is 4.13. The maximum absolute atomic E-state index is 11.5. The molecule has 2 N–H and O–H groups in total. The summed E-state index contributed by atoms with van der Waals surface area (Å²) in [5, 5.41) is 4.63. The first-order chi connectivity index (χ1) is 7.50. The zero-order valence-corrected chi connectivity index (χ0v) is 9.96. The molecule has 1 aliphatic heterocycles. The van der Waals surface area contributed by atoms with E-state index in [-0.39, 0.29) is 0 Å². The topological polar surface area (TPSA) is 69.4 Å². The van der Waals surface area contributed by atoms with Crippen molar-refractivity contribution in [1.29, 1.82) is 0 Å². The van der Waals surface area contributed by atoms with E-state index in [1.165, 1.54) is 0 Å². The number of fused-ring (bicyclic) bond motifs is 1. The lowest BCUT2D eigenvalue weighted by Crippen LogP contribution is -2.21. The molecule has 16 heavy (non-hydrogen) atoms. The summed E-state index contributed by atoms with van der Waals surface area (Å²) >= 11 is 0. The van der Waals surface area contributed by atoms with E-state index in [1.54, 1.807) is 6.07 Å². The van der Waals surface area contributed by atoms with Crippen LogP contribution in [-0.4, -0.2) is 15.0 Å². The predicted molar refractivity (Wildman–Crippen MR) is 61.8 cm³/mol. The lowest BCUT2D eigenvalue weighted by molar-refractivity contribution is 0.315. The van der Waals surface area contributed by atoms with E-state index in [0.717, 1.165) is 5.56 Å². The number of para-hydroxylation sites is 1. The molecule has 1 heterocycles. The number of primary sulfonamides is 1. The Balaban J connectivity index is 2.58. The van der Waals surface area contributed by atoms with Crippen LogP contribution in [0.2, 0.25) is 0 Å². The SMILES string of the molecule is Cc1cccc2c1OCCCC2S(N)(=O)=O. The highest BCUT2D eigenvalue weighted by Gasteiger charge is 2.29. The largest absolute Gasteiger partial charge is 0.493 e. The first kappa shape index (κ1) is 11.4. The Bertz CT molecular complexity index is 496. The van der Waals surface area contributed by atoms with Gasteiger partial charge in [0, 0.05) is 5.56 Å². The van der Waals surface area contributed by atoms with Crippen LogP contribution in [0.4, 0.5) is 0 Å². The molecule has 5 heteroatoms. The third kappa shape index (κ3) is 2.05. The van der Waals surface area contributed by atoms with Gasteiger partial charge in [0.25, 0.3) is 0 Å². The first-order valence-corrected chi connectivity index (χ1v) is 6.85. The van der Waals surface area contributed by atoms with Crippen molar-refractivity contribution in [2.45, 2.75) is 25.0 Å². The van der Waals surface area contributed by atoms with Crippen molar-refractivity contribution >= 4 is 10.0 Å². The Labute approximate surface area is 95.5 Å². The molecule has 0 aromatic heterocycles. The Kier molecular flexibility index (Phi) is 2.90. The molecule has 1 atom stereocenters. The number of hydrogen-bond donors (Lipinski definition) is 1. The second-order valence-electron chi connectivity index (χ2n) is 4.06. The number of ether oxygens (including phenoxy) is 1. The van der Waals surface area contributed by atoms with E-state index < -0.39 is 15.3 Å². The average Bonchev–Trinajstić information content (AvgIpc) is 2.39. The van der Waals surface area contributed by atoms with Crippen molar-refractivity contribution in [1.82, 2.24) is 0 Å². The maximum atomic E-state index is 11.5. The summed E-state index contributed by atoms with van der Waals surface area (Å²) in [7, 11) is -3.56. The Morgan fingerprint density at radius 3 is 2.88 bits per heavy atom. The molecular weight excluding hydrogens is 226 g/mol. The van der Waals surface area contributed by atoms with E-state index in [2.05, 4.69) is 0 Å². The first-order valence-electron chi connectivity index (χ1n) is 5.24. The third-order valence-electron chi connectivity index (χ3n) is 2.84. The maximum Gasteiger partial charge on any atom is 0.216 e. The molecule has 1 unspecified atom stereocenters. The van der Waals surface area contributed by atoms with E-state index in [0.29, 0.717) is 30.8 Å². The number of benzene rings is 1. The minimum Gasteiger partial charge on any atom is -0.493 e. The van der Waals surface area contributed by atoms with Crippen molar-refractivity contribution in [2.75, 3.05) is 6.61 Å². The van der Waals surface area contributed by atoms with Crippen LogP contribution in [0.15, 0.2) is 18.2 Å². The molecule has 0 aliphatic carbocycles. The van der Waals surface area contributed by atoms with Crippen LogP contribution in [0.5, 0.6) is 5.75 Å². The minimum absolute atomic E-state index is 0.523. The summed E-state index contributed by atoms with van der Waals surface area (Å²) in [5.41, 5.74) is 1.65. The fourth-order valence-electron chi connectivity index (χ4n) is 2.07. The molecule has 88 valence electrons. The Morgan fingerprint density at radius 2 is 2.19 bits per heavy atom. The summed E-state index contributed by atoms with van der Waals surface area (Å²) in [6.07, 6.45) is 1.23. The van der Waals surface area contributed by atoms with Gasteiger partial charge < -0.3 is 4.74 Å². The van der Waals surface area contributed by atoms with Gasteiger partial charge in [-0.15, -0.1) is 0 Å². The highest BCUT2D eigenvalue weighted by Crippen LogP contribution is 2.37. The molecule has 0 saturated carbocycles. The van der Waals surface area contributed by atoms with Gasteiger partial charge in [-0.1, -0.05) is 18.2 Å². The van der Waals surface area contributed by atoms with Gasteiger partial charge >= 0.3 is 0 Å². The minimum atomic E-state index is -3.56. The van der Waals surface area contributed by atoms with Crippen LogP contribution in [-0.2, 0) is 10.0 Å². The Hall–Kier alpha value is -1.07. The van der Waals surface area contributed by atoms with Crippen LogP contribution < -0.4 is 9.88 Å². The highest BCUT2D eigenvalue weighted by atomic mass is 32.2. The average molecular weight is 241 g/mol. The van der Waals surface area contributed by atoms with Gasteiger partial charge in [-0.3, -0.25) is 0 Å². The van der Waals surface area contributed by atoms with Crippen LogP contribution in [0, 0.1) is 6.92 Å². The van der Waals surface area contributed by atoms with Gasteiger partial charge in [-0.05, 0) is 25.3 Å². The van der Waals surface area contributed by atoms with Crippen molar-refractivity contribution in [3.05, 3.63) is 29.3 Å². The zero-order chi connectivity index (χ0) is 11.8. The van der Waals surface area contributed by atoms with Gasteiger partial charge in [-0.2, -0.15) is 0 Å². The monoisotopic (exact) mass is 241 g/mol. The van der Waals surface area contributed by atoms with E-state index in [9.17, 15) is 8.42 Å². The van der Waals surface area contributed by atoms with Crippen LogP contribution in [0.3, 0.4) is 0 Å². The molecular formula is C11H15NO3S. The highest BCUT2D eigenvalue weighted by molar-refractivity contribution is 7.89. The fourth-order valence-corrected chi connectivity index (χ4v) is 3.10. The molecule has 1 aromatic carbocycles. The Morgan fingerprint density at radius 1 is 1.44 bits per heavy atom. The second-order valence-corrected chi connectivity index (χ2v) is 5.81. The van der Waals surface area contributed by atoms with Gasteiger partial charge in [0.05, 0.1) is 6.61 Å². The standard InChI is InChI=1S/C11H15NO3S/c1-8-4-2-5-9-10(16(12,13)14)6-3-7-15-11(8)9/h2,4-5,10H,3,6-7H2,1H3,(H2,12,13,14). The molecule has 0 bridgehead atoms. The number of hydrogen-bond acceptors (Lipinski definition) is 3. The van der Waals surface area contributed by atoms with E-state index >= 15 is 0 Å². The van der Waals surface area contributed by atoms with Gasteiger partial charge in [0.15, 0.2) is 0 Å². The summed E-state index contributed by atoms with van der Waals surface area (Å²) in [6.45, 7) is 2.45. The molecule has 0 radical (unpaired) electrons. The molecule has 0 amide bonds. The lowest BCUT2D eigenvalue weighted by atomic mass is 10.0. The summed E-state index contributed by atoms with van der Waals surface area (Å²) < 4.78 is 28.7. The molecule has 4 nitrogen and oxygen atoms in total. The van der Waals surface area contributed by atoms with Crippen molar-refractivity contribution < 1.29 is 13.2 Å². The molecule has 2 rings (SSSR count). The fraction of sp³-hybridized carbons (Fsp3) is 0.455. The van der Waals surface area contributed by atoms with E-state index in [4.69, 9.17) is 9.88 Å². The lowest BCUT2D eigenvalue weighted by Gasteiger charge is -2.15. The van der Waals surface area contributed by atoms with Crippen LogP contribution >= 0.6 is 0 Å². The quantitative estimate of drug-likeness (QED) is 0.810. The number of aryl methyl sites for hydroxylation is 1. The summed E-state index contributed by atoms with van der Waals surface area (Å²) in [5.74, 6) is 0.680. The summed E-state index contributed by atoms with van der Waals surface area (Å²) in [4.78, 5) is 0. The molecule has 0 saturated heterocycles. The van der Waals surface area contributed by atoms with Gasteiger partial charge in [0.1, 0.15) is 11.0 Å². The molecule has 0 fully saturated rings. The smallest absolute Gasteiger partial charge is 0.216 e. The molecule has 1 aromatic rings. The molecule has 0 spiro atoms. The van der Waals surface area contributed by atoms with Crippen molar-refractivity contribution in [3.63, 3.8) is 0 Å². The van der Waals surface area contributed by atoms with Gasteiger partial charge in [-0.25, -0.2) is 13.6 Å². The number of nitrogens with two attached hydrogens (primary N) is 1. The van der Waals surface area contributed by atoms with Gasteiger partial charge in [0.2, 0.25) is 10.0 Å². The number of rotatable bonds is 1. The van der Waals surface area contributed by atoms with Crippen LogP contribution in [0.25, 0.3) is 0 Å².